The fourth-order valence-corrected chi connectivity index (χ4v) is 1.30. The summed E-state index contributed by atoms with van der Waals surface area (Å²) < 4.78 is 0. The third-order valence-electron chi connectivity index (χ3n) is 1.84. The van der Waals surface area contributed by atoms with Crippen LogP contribution in [0.4, 0.5) is 0 Å². The van der Waals surface area contributed by atoms with Gasteiger partial charge in [0.1, 0.15) is 0 Å². The van der Waals surface area contributed by atoms with Gasteiger partial charge in [0, 0.05) is 5.75 Å². The molecule has 0 aromatic rings. The Morgan fingerprint density at radius 3 is 2.30 bits per heavy atom. The molecule has 0 spiro atoms. The topological polar surface area (TPSA) is 37.3 Å². The number of carboxylic acids is 1. The van der Waals surface area contributed by atoms with Gasteiger partial charge in [-0.1, -0.05) is 20.3 Å². The molecule has 0 aliphatic rings. The normalized spacial score (nSPS) is 16.3. The van der Waals surface area contributed by atoms with E-state index in [4.69, 9.17) is 5.11 Å². The molecule has 0 aromatic carbocycles. The molecule has 0 aliphatic carbocycles. The van der Waals surface area contributed by atoms with E-state index in [2.05, 4.69) is 12.6 Å². The summed E-state index contributed by atoms with van der Waals surface area (Å²) in [5, 5.41) is 8.63. The highest BCUT2D eigenvalue weighted by molar-refractivity contribution is 7.80. The summed E-state index contributed by atoms with van der Waals surface area (Å²) in [6.45, 7) is 3.93. The van der Waals surface area contributed by atoms with Crippen LogP contribution in [-0.4, -0.2) is 16.8 Å². The molecule has 0 fully saturated rings. The molecule has 2 nitrogen and oxygen atoms in total. The number of hydrogen-bond donors (Lipinski definition) is 2. The lowest BCUT2D eigenvalue weighted by Crippen LogP contribution is -2.22. The minimum Gasteiger partial charge on any atom is -0.481 e. The Morgan fingerprint density at radius 2 is 2.20 bits per heavy atom. The Labute approximate surface area is 67.0 Å². The summed E-state index contributed by atoms with van der Waals surface area (Å²) in [7, 11) is 0. The summed E-state index contributed by atoms with van der Waals surface area (Å²) >= 11 is 3.97. The van der Waals surface area contributed by atoms with Gasteiger partial charge >= 0.3 is 5.97 Å². The van der Waals surface area contributed by atoms with Crippen LogP contribution >= 0.6 is 12.6 Å². The molecule has 0 aromatic heterocycles. The zero-order valence-electron chi connectivity index (χ0n) is 6.37. The van der Waals surface area contributed by atoms with Crippen LogP contribution in [0.1, 0.15) is 20.3 Å². The van der Waals surface area contributed by atoms with Crippen molar-refractivity contribution < 1.29 is 9.90 Å². The van der Waals surface area contributed by atoms with Crippen LogP contribution in [0.3, 0.4) is 0 Å². The van der Waals surface area contributed by atoms with Gasteiger partial charge in [0.25, 0.3) is 0 Å². The first-order chi connectivity index (χ1) is 4.63. The van der Waals surface area contributed by atoms with Gasteiger partial charge in [-0.2, -0.15) is 12.6 Å². The Morgan fingerprint density at radius 1 is 1.70 bits per heavy atom. The van der Waals surface area contributed by atoms with Gasteiger partial charge in [0.05, 0.1) is 5.92 Å². The molecular formula is C7H14O2S. The Bertz CT molecular complexity index is 114. The van der Waals surface area contributed by atoms with E-state index in [0.717, 1.165) is 6.42 Å². The summed E-state index contributed by atoms with van der Waals surface area (Å²) in [5.41, 5.74) is 0. The highest BCUT2D eigenvalue weighted by atomic mass is 32.1. The lowest BCUT2D eigenvalue weighted by molar-refractivity contribution is -0.142. The first kappa shape index (κ1) is 9.82. The van der Waals surface area contributed by atoms with E-state index in [9.17, 15) is 4.79 Å². The van der Waals surface area contributed by atoms with Crippen molar-refractivity contribution >= 4 is 18.6 Å². The zero-order chi connectivity index (χ0) is 8.15. The van der Waals surface area contributed by atoms with E-state index in [1.807, 2.05) is 13.8 Å². The molecule has 60 valence electrons. The van der Waals surface area contributed by atoms with Crippen LogP contribution < -0.4 is 0 Å². The third-order valence-corrected chi connectivity index (χ3v) is 2.24. The predicted octanol–water partition coefficient (Wildman–Crippen LogP) is 1.66. The van der Waals surface area contributed by atoms with Gasteiger partial charge in [-0.3, -0.25) is 4.79 Å². The van der Waals surface area contributed by atoms with Crippen LogP contribution in [0.25, 0.3) is 0 Å². The smallest absolute Gasteiger partial charge is 0.307 e. The average molecular weight is 162 g/mol. The van der Waals surface area contributed by atoms with Crippen LogP contribution in [0.5, 0.6) is 0 Å². The SMILES string of the molecule is CCC(C)C(CS)C(=O)O. The first-order valence-corrected chi connectivity index (χ1v) is 4.10. The highest BCUT2D eigenvalue weighted by Crippen LogP contribution is 2.16. The second kappa shape index (κ2) is 4.61. The summed E-state index contributed by atoms with van der Waals surface area (Å²) in [6.07, 6.45) is 0.900. The first-order valence-electron chi connectivity index (χ1n) is 3.47. The number of carboxylic acid groups (broad SMARTS) is 1. The molecular weight excluding hydrogens is 148 g/mol. The molecule has 2 unspecified atom stereocenters. The van der Waals surface area contributed by atoms with E-state index < -0.39 is 5.97 Å². The molecule has 3 heteroatoms. The molecule has 0 saturated heterocycles. The van der Waals surface area contributed by atoms with Crippen molar-refractivity contribution in [2.75, 3.05) is 5.75 Å². The van der Waals surface area contributed by atoms with Crippen molar-refractivity contribution in [3.8, 4) is 0 Å². The van der Waals surface area contributed by atoms with Crippen molar-refractivity contribution in [2.24, 2.45) is 11.8 Å². The maximum atomic E-state index is 10.5. The molecule has 10 heavy (non-hydrogen) atoms. The van der Waals surface area contributed by atoms with Crippen molar-refractivity contribution in [3.05, 3.63) is 0 Å². The maximum absolute atomic E-state index is 10.5. The largest absolute Gasteiger partial charge is 0.481 e. The van der Waals surface area contributed by atoms with E-state index >= 15 is 0 Å². The molecule has 2 atom stereocenters. The van der Waals surface area contributed by atoms with Crippen LogP contribution in [-0.2, 0) is 4.79 Å². The molecule has 1 N–H and O–H groups in total. The number of thiol groups is 1. The standard InChI is InChI=1S/C7H14O2S/c1-3-5(2)6(4-10)7(8)9/h5-6,10H,3-4H2,1-2H3,(H,8,9). The Hall–Kier alpha value is -0.180. The van der Waals surface area contributed by atoms with Crippen LogP contribution in [0, 0.1) is 11.8 Å². The fraction of sp³-hybridized carbons (Fsp3) is 0.857. The van der Waals surface area contributed by atoms with Crippen LogP contribution in [0.2, 0.25) is 0 Å². The molecule has 0 heterocycles. The van der Waals surface area contributed by atoms with Gasteiger partial charge in [-0.05, 0) is 5.92 Å². The molecule has 0 rings (SSSR count). The molecule has 0 amide bonds. The summed E-state index contributed by atoms with van der Waals surface area (Å²) in [6, 6.07) is 0. The van der Waals surface area contributed by atoms with Gasteiger partial charge < -0.3 is 5.11 Å². The number of rotatable bonds is 4. The summed E-state index contributed by atoms with van der Waals surface area (Å²) in [5.74, 6) is -0.350. The lowest BCUT2D eigenvalue weighted by Gasteiger charge is -2.15. The van der Waals surface area contributed by atoms with E-state index in [1.54, 1.807) is 0 Å². The molecule has 0 saturated carbocycles. The number of hydrogen-bond acceptors (Lipinski definition) is 2. The highest BCUT2D eigenvalue weighted by Gasteiger charge is 2.20. The van der Waals surface area contributed by atoms with Gasteiger partial charge in [-0.25, -0.2) is 0 Å². The van der Waals surface area contributed by atoms with Gasteiger partial charge in [0.2, 0.25) is 0 Å². The lowest BCUT2D eigenvalue weighted by atomic mass is 9.94. The average Bonchev–Trinajstić information content (AvgIpc) is 1.88. The van der Waals surface area contributed by atoms with E-state index in [1.165, 1.54) is 0 Å². The molecule has 0 aliphatic heterocycles. The zero-order valence-corrected chi connectivity index (χ0v) is 7.27. The van der Waals surface area contributed by atoms with Gasteiger partial charge in [-0.15, -0.1) is 0 Å². The quantitative estimate of drug-likeness (QED) is 0.617. The number of carbonyl (C=O) groups is 1. The fourth-order valence-electron chi connectivity index (χ4n) is 0.786. The third kappa shape index (κ3) is 2.60. The predicted molar refractivity (Wildman–Crippen MR) is 44.4 cm³/mol. The Kier molecular flexibility index (Phi) is 4.52. The van der Waals surface area contributed by atoms with Crippen LogP contribution in [0.15, 0.2) is 0 Å². The van der Waals surface area contributed by atoms with E-state index in [0.29, 0.717) is 5.75 Å². The second-order valence-electron chi connectivity index (χ2n) is 2.51. The van der Waals surface area contributed by atoms with Crippen molar-refractivity contribution in [1.82, 2.24) is 0 Å². The minimum absolute atomic E-state index is 0.231. The van der Waals surface area contributed by atoms with E-state index in [-0.39, 0.29) is 11.8 Å². The van der Waals surface area contributed by atoms with Gasteiger partial charge in [0.15, 0.2) is 0 Å². The Balaban J connectivity index is 3.92. The summed E-state index contributed by atoms with van der Waals surface area (Å²) in [4.78, 5) is 10.5. The monoisotopic (exact) mass is 162 g/mol. The van der Waals surface area contributed by atoms with Crippen molar-refractivity contribution in [1.29, 1.82) is 0 Å². The molecule has 0 radical (unpaired) electrons. The molecule has 0 bridgehead atoms. The maximum Gasteiger partial charge on any atom is 0.307 e. The van der Waals surface area contributed by atoms with Crippen molar-refractivity contribution in [2.45, 2.75) is 20.3 Å². The number of aliphatic carboxylic acids is 1. The second-order valence-corrected chi connectivity index (χ2v) is 2.88. The minimum atomic E-state index is -0.732. The van der Waals surface area contributed by atoms with Crippen molar-refractivity contribution in [3.63, 3.8) is 0 Å².